The third-order valence-corrected chi connectivity index (χ3v) is 3.59. The number of aliphatic carboxylic acids is 1. The predicted molar refractivity (Wildman–Crippen MR) is 77.0 cm³/mol. The first-order chi connectivity index (χ1) is 9.01. The fourth-order valence-electron chi connectivity index (χ4n) is 2.31. The van der Waals surface area contributed by atoms with Crippen molar-refractivity contribution < 1.29 is 14.6 Å². The molecule has 19 heavy (non-hydrogen) atoms. The molecule has 0 heterocycles. The maximum absolute atomic E-state index is 10.9. The summed E-state index contributed by atoms with van der Waals surface area (Å²) in [5.74, 6) is 0.250. The third-order valence-electron chi connectivity index (χ3n) is 3.59. The molecule has 0 bridgehead atoms. The topological polar surface area (TPSA) is 46.5 Å². The van der Waals surface area contributed by atoms with E-state index in [1.807, 2.05) is 32.9 Å². The molecule has 1 atom stereocenters. The van der Waals surface area contributed by atoms with E-state index in [9.17, 15) is 4.79 Å². The van der Waals surface area contributed by atoms with E-state index in [2.05, 4.69) is 6.92 Å². The summed E-state index contributed by atoms with van der Waals surface area (Å²) in [6.07, 6.45) is 2.00. The summed E-state index contributed by atoms with van der Waals surface area (Å²) in [7, 11) is 0. The molecular formula is C16H24O3. The predicted octanol–water partition coefficient (Wildman–Crippen LogP) is 4.06. The Labute approximate surface area is 115 Å². The van der Waals surface area contributed by atoms with Crippen LogP contribution in [-0.4, -0.2) is 17.7 Å². The second-order valence-electron chi connectivity index (χ2n) is 4.95. The second-order valence-corrected chi connectivity index (χ2v) is 4.95. The Balaban J connectivity index is 3.03. The van der Waals surface area contributed by atoms with Crippen molar-refractivity contribution in [3.63, 3.8) is 0 Å². The molecule has 0 aliphatic rings. The smallest absolute Gasteiger partial charge is 0.303 e. The van der Waals surface area contributed by atoms with Crippen LogP contribution in [0.1, 0.15) is 55.7 Å². The normalized spacial score (nSPS) is 12.2. The van der Waals surface area contributed by atoms with Crippen LogP contribution >= 0.6 is 0 Å². The SMILES string of the molecule is CCCOc1ccc(C(CC)CC(=O)O)c(C)c1C. The molecule has 0 aliphatic carbocycles. The van der Waals surface area contributed by atoms with Gasteiger partial charge in [0.2, 0.25) is 0 Å². The van der Waals surface area contributed by atoms with Gasteiger partial charge in [-0.1, -0.05) is 19.9 Å². The zero-order valence-corrected chi connectivity index (χ0v) is 12.3. The summed E-state index contributed by atoms with van der Waals surface area (Å²) < 4.78 is 5.70. The molecule has 0 spiro atoms. The van der Waals surface area contributed by atoms with Crippen LogP contribution < -0.4 is 4.74 Å². The van der Waals surface area contributed by atoms with Gasteiger partial charge in [-0.05, 0) is 55.4 Å². The third kappa shape index (κ3) is 3.98. The highest BCUT2D eigenvalue weighted by atomic mass is 16.5. The van der Waals surface area contributed by atoms with Crippen molar-refractivity contribution in [2.75, 3.05) is 6.61 Å². The minimum Gasteiger partial charge on any atom is -0.493 e. The molecule has 1 aromatic carbocycles. The molecule has 1 rings (SSSR count). The molecule has 1 N–H and O–H groups in total. The number of rotatable bonds is 7. The quantitative estimate of drug-likeness (QED) is 0.807. The molecule has 0 saturated carbocycles. The molecular weight excluding hydrogens is 240 g/mol. The maximum Gasteiger partial charge on any atom is 0.303 e. The fourth-order valence-corrected chi connectivity index (χ4v) is 2.31. The molecule has 3 nitrogen and oxygen atoms in total. The van der Waals surface area contributed by atoms with Crippen LogP contribution in [0.25, 0.3) is 0 Å². The van der Waals surface area contributed by atoms with Gasteiger partial charge in [0.25, 0.3) is 0 Å². The zero-order valence-electron chi connectivity index (χ0n) is 12.3. The van der Waals surface area contributed by atoms with E-state index in [1.54, 1.807) is 0 Å². The number of hydrogen-bond donors (Lipinski definition) is 1. The number of carboxylic acid groups (broad SMARTS) is 1. The first kappa shape index (κ1) is 15.5. The molecule has 0 radical (unpaired) electrons. The molecule has 3 heteroatoms. The van der Waals surface area contributed by atoms with Gasteiger partial charge in [0.15, 0.2) is 0 Å². The average Bonchev–Trinajstić information content (AvgIpc) is 2.38. The van der Waals surface area contributed by atoms with E-state index in [0.29, 0.717) is 6.61 Å². The molecule has 0 aromatic heterocycles. The van der Waals surface area contributed by atoms with Gasteiger partial charge in [-0.2, -0.15) is 0 Å². The number of carbonyl (C=O) groups is 1. The summed E-state index contributed by atoms with van der Waals surface area (Å²) in [4.78, 5) is 10.9. The molecule has 0 fully saturated rings. The maximum atomic E-state index is 10.9. The van der Waals surface area contributed by atoms with Crippen molar-refractivity contribution in [3.05, 3.63) is 28.8 Å². The van der Waals surface area contributed by atoms with Gasteiger partial charge >= 0.3 is 5.97 Å². The Morgan fingerprint density at radius 2 is 1.95 bits per heavy atom. The number of hydrogen-bond acceptors (Lipinski definition) is 2. The minimum absolute atomic E-state index is 0.0800. The van der Waals surface area contributed by atoms with Crippen LogP contribution in [0.15, 0.2) is 12.1 Å². The van der Waals surface area contributed by atoms with Gasteiger partial charge in [-0.15, -0.1) is 0 Å². The largest absolute Gasteiger partial charge is 0.493 e. The van der Waals surface area contributed by atoms with Crippen molar-refractivity contribution in [1.29, 1.82) is 0 Å². The molecule has 1 aromatic rings. The molecule has 0 saturated heterocycles. The van der Waals surface area contributed by atoms with Gasteiger partial charge < -0.3 is 9.84 Å². The monoisotopic (exact) mass is 264 g/mol. The second kappa shape index (κ2) is 7.17. The summed E-state index contributed by atoms with van der Waals surface area (Å²) in [6.45, 7) is 8.91. The van der Waals surface area contributed by atoms with E-state index < -0.39 is 5.97 Å². The Bertz CT molecular complexity index is 438. The van der Waals surface area contributed by atoms with Gasteiger partial charge in [0, 0.05) is 0 Å². The lowest BCUT2D eigenvalue weighted by molar-refractivity contribution is -0.137. The number of carboxylic acids is 1. The Morgan fingerprint density at radius 3 is 2.47 bits per heavy atom. The summed E-state index contributed by atoms with van der Waals surface area (Å²) in [6, 6.07) is 3.99. The highest BCUT2D eigenvalue weighted by Crippen LogP contribution is 2.32. The first-order valence-corrected chi connectivity index (χ1v) is 6.95. The van der Waals surface area contributed by atoms with Gasteiger partial charge in [-0.3, -0.25) is 4.79 Å². The van der Waals surface area contributed by atoms with Gasteiger partial charge in [-0.25, -0.2) is 0 Å². The van der Waals surface area contributed by atoms with E-state index in [0.717, 1.165) is 35.3 Å². The molecule has 106 valence electrons. The van der Waals surface area contributed by atoms with Crippen molar-refractivity contribution in [1.82, 2.24) is 0 Å². The fraction of sp³-hybridized carbons (Fsp3) is 0.562. The highest BCUT2D eigenvalue weighted by Gasteiger charge is 2.17. The van der Waals surface area contributed by atoms with E-state index in [1.165, 1.54) is 0 Å². The average molecular weight is 264 g/mol. The van der Waals surface area contributed by atoms with Crippen LogP contribution in [-0.2, 0) is 4.79 Å². The Hall–Kier alpha value is -1.51. The lowest BCUT2D eigenvalue weighted by Crippen LogP contribution is -2.08. The van der Waals surface area contributed by atoms with E-state index in [4.69, 9.17) is 9.84 Å². The summed E-state index contributed by atoms with van der Waals surface area (Å²) in [5, 5.41) is 8.98. The van der Waals surface area contributed by atoms with Crippen molar-refractivity contribution in [2.45, 2.75) is 52.9 Å². The minimum atomic E-state index is -0.741. The van der Waals surface area contributed by atoms with Crippen molar-refractivity contribution in [3.8, 4) is 5.75 Å². The van der Waals surface area contributed by atoms with Crippen molar-refractivity contribution in [2.24, 2.45) is 0 Å². The van der Waals surface area contributed by atoms with Gasteiger partial charge in [0.1, 0.15) is 5.75 Å². The molecule has 0 amide bonds. The van der Waals surface area contributed by atoms with Crippen LogP contribution in [0.3, 0.4) is 0 Å². The van der Waals surface area contributed by atoms with E-state index >= 15 is 0 Å². The Morgan fingerprint density at radius 1 is 1.26 bits per heavy atom. The van der Waals surface area contributed by atoms with E-state index in [-0.39, 0.29) is 12.3 Å². The zero-order chi connectivity index (χ0) is 14.4. The molecule has 1 unspecified atom stereocenters. The molecule has 0 aliphatic heterocycles. The number of benzene rings is 1. The Kier molecular flexibility index (Phi) is 5.87. The summed E-state index contributed by atoms with van der Waals surface area (Å²) >= 11 is 0. The number of ether oxygens (including phenoxy) is 1. The van der Waals surface area contributed by atoms with Crippen LogP contribution in [0.5, 0.6) is 5.75 Å². The highest BCUT2D eigenvalue weighted by molar-refractivity contribution is 5.68. The summed E-state index contributed by atoms with van der Waals surface area (Å²) in [5.41, 5.74) is 3.41. The standard InChI is InChI=1S/C16H24O3/c1-5-9-19-15-8-7-14(11(3)12(15)4)13(6-2)10-16(17)18/h7-8,13H,5-6,9-10H2,1-4H3,(H,17,18). The van der Waals surface area contributed by atoms with Gasteiger partial charge in [0.05, 0.1) is 13.0 Å². The first-order valence-electron chi connectivity index (χ1n) is 6.95. The van der Waals surface area contributed by atoms with Crippen LogP contribution in [0.2, 0.25) is 0 Å². The lowest BCUT2D eigenvalue weighted by atomic mass is 9.88. The van der Waals surface area contributed by atoms with Crippen LogP contribution in [0, 0.1) is 13.8 Å². The van der Waals surface area contributed by atoms with Crippen LogP contribution in [0.4, 0.5) is 0 Å². The lowest BCUT2D eigenvalue weighted by Gasteiger charge is -2.19. The van der Waals surface area contributed by atoms with Crippen molar-refractivity contribution >= 4 is 5.97 Å².